The third-order valence-corrected chi connectivity index (χ3v) is 6.93. The molecule has 0 aliphatic rings. The maximum absolute atomic E-state index is 13.4. The third-order valence-electron chi connectivity index (χ3n) is 6.29. The molecular weight excluding hydrogens is 568 g/mol. The summed E-state index contributed by atoms with van der Waals surface area (Å²) >= 11 is 1.46. The van der Waals surface area contributed by atoms with E-state index in [1.807, 2.05) is 6.26 Å². The van der Waals surface area contributed by atoms with Crippen molar-refractivity contribution in [3.63, 3.8) is 0 Å². The Hall–Kier alpha value is -3.66. The summed E-state index contributed by atoms with van der Waals surface area (Å²) in [6.45, 7) is 7.96. The van der Waals surface area contributed by atoms with Crippen LogP contribution >= 0.6 is 11.8 Å². The van der Waals surface area contributed by atoms with E-state index in [0.717, 1.165) is 0 Å². The number of nitrogens with zero attached hydrogens (tertiary/aromatic N) is 1. The molecule has 5 atom stereocenters. The summed E-state index contributed by atoms with van der Waals surface area (Å²) in [4.78, 5) is 82.3. The molecule has 0 radical (unpaired) electrons. The highest BCUT2D eigenvalue weighted by Gasteiger charge is 2.34. The highest BCUT2D eigenvalue weighted by atomic mass is 32.2. The number of rotatable bonds is 18. The number of thioether (sulfide) groups is 1. The number of hydrogen-bond donors (Lipinski definition) is 8. The first-order valence-corrected chi connectivity index (χ1v) is 15.0. The second-order valence-electron chi connectivity index (χ2n) is 10.5. The first kappa shape index (κ1) is 36.4. The number of aromatic nitrogens is 2. The highest BCUT2D eigenvalue weighted by molar-refractivity contribution is 7.98. The molecule has 0 saturated heterocycles. The van der Waals surface area contributed by atoms with Crippen molar-refractivity contribution in [2.24, 2.45) is 17.6 Å². The fourth-order valence-electron chi connectivity index (χ4n) is 3.81. The summed E-state index contributed by atoms with van der Waals surface area (Å²) in [5.74, 6) is -4.63. The Morgan fingerprint density at radius 2 is 1.40 bits per heavy atom. The number of aromatic amines is 1. The van der Waals surface area contributed by atoms with Crippen molar-refractivity contribution in [3.05, 3.63) is 18.2 Å². The van der Waals surface area contributed by atoms with Gasteiger partial charge in [0, 0.05) is 18.3 Å². The fraction of sp³-hybridized carbons (Fsp3) is 0.654. The van der Waals surface area contributed by atoms with Gasteiger partial charge in [-0.1, -0.05) is 27.7 Å². The number of imidazole rings is 1. The molecule has 5 amide bonds. The van der Waals surface area contributed by atoms with E-state index in [-0.39, 0.29) is 19.4 Å². The van der Waals surface area contributed by atoms with E-state index < -0.39 is 77.6 Å². The van der Waals surface area contributed by atoms with Crippen LogP contribution in [0.15, 0.2) is 12.5 Å². The summed E-state index contributed by atoms with van der Waals surface area (Å²) in [5, 5.41) is 22.4. The van der Waals surface area contributed by atoms with Gasteiger partial charge in [0.1, 0.15) is 30.2 Å². The van der Waals surface area contributed by atoms with Crippen molar-refractivity contribution in [1.82, 2.24) is 36.6 Å². The standard InChI is InChI=1S/C26H44N8O7S/c1-13(2)20(24(38)32-18(26(40)41)9-16-11-28-12-29-16)34-25(39)21(14(3)4)33-23(37)17(7-8-42-6)31-22(36)15(5)30-19(35)10-27/h11-15,17-18,20-21H,7-10,27H2,1-6H3,(H,28,29)(H,30,35)(H,31,36)(H,32,38)(H,33,37)(H,34,39)(H,40,41)/t15-,17-,18-,20-,21-/m0/s1. The van der Waals surface area contributed by atoms with Gasteiger partial charge in [0.2, 0.25) is 29.5 Å². The Labute approximate surface area is 249 Å². The molecule has 1 rings (SSSR count). The number of amides is 5. The molecule has 0 aromatic carbocycles. The summed E-state index contributed by atoms with van der Waals surface area (Å²) in [5.41, 5.74) is 5.79. The van der Waals surface area contributed by atoms with Gasteiger partial charge in [-0.2, -0.15) is 11.8 Å². The molecule has 1 aromatic heterocycles. The minimum atomic E-state index is -1.27. The lowest BCUT2D eigenvalue weighted by Crippen LogP contribution is -2.60. The Morgan fingerprint density at radius 3 is 1.88 bits per heavy atom. The molecule has 0 aliphatic carbocycles. The average molecular weight is 613 g/mol. The van der Waals surface area contributed by atoms with Crippen molar-refractivity contribution in [2.75, 3.05) is 18.6 Å². The number of carboxylic acid groups (broad SMARTS) is 1. The predicted octanol–water partition coefficient (Wildman–Crippen LogP) is -1.50. The van der Waals surface area contributed by atoms with Gasteiger partial charge in [-0.05, 0) is 37.2 Å². The van der Waals surface area contributed by atoms with Gasteiger partial charge in [0.15, 0.2) is 0 Å². The van der Waals surface area contributed by atoms with Crippen molar-refractivity contribution in [1.29, 1.82) is 0 Å². The summed E-state index contributed by atoms with van der Waals surface area (Å²) in [7, 11) is 0. The molecule has 0 spiro atoms. The molecular formula is C26H44N8O7S. The molecule has 16 heteroatoms. The lowest BCUT2D eigenvalue weighted by atomic mass is 9.98. The Balaban J connectivity index is 3.01. The second-order valence-corrected chi connectivity index (χ2v) is 11.5. The molecule has 0 bridgehead atoms. The molecule has 0 saturated carbocycles. The molecule has 42 heavy (non-hydrogen) atoms. The first-order valence-electron chi connectivity index (χ1n) is 13.6. The number of nitrogens with two attached hydrogens (primary N) is 1. The molecule has 0 fully saturated rings. The third kappa shape index (κ3) is 12.1. The number of carbonyl (C=O) groups excluding carboxylic acids is 5. The number of nitrogens with one attached hydrogen (secondary N) is 6. The largest absolute Gasteiger partial charge is 0.480 e. The van der Waals surface area contributed by atoms with Crippen LogP contribution in [0.4, 0.5) is 0 Å². The summed E-state index contributed by atoms with van der Waals surface area (Å²) in [6, 6.07) is -5.38. The highest BCUT2D eigenvalue weighted by Crippen LogP contribution is 2.10. The van der Waals surface area contributed by atoms with Crippen molar-refractivity contribution in [2.45, 2.75) is 77.7 Å². The zero-order valence-electron chi connectivity index (χ0n) is 24.9. The monoisotopic (exact) mass is 612 g/mol. The molecule has 0 aliphatic heterocycles. The van der Waals surface area contributed by atoms with Gasteiger partial charge in [-0.15, -0.1) is 0 Å². The van der Waals surface area contributed by atoms with E-state index in [1.165, 1.54) is 31.2 Å². The Bertz CT molecular complexity index is 1070. The van der Waals surface area contributed by atoms with Crippen LogP contribution in [-0.2, 0) is 35.2 Å². The van der Waals surface area contributed by atoms with Crippen molar-refractivity contribution >= 4 is 47.3 Å². The van der Waals surface area contributed by atoms with Crippen LogP contribution in [-0.4, -0.2) is 99.3 Å². The lowest BCUT2D eigenvalue weighted by molar-refractivity contribution is -0.142. The van der Waals surface area contributed by atoms with Crippen LogP contribution in [0.25, 0.3) is 0 Å². The quantitative estimate of drug-likeness (QED) is 0.0955. The Morgan fingerprint density at radius 1 is 0.857 bits per heavy atom. The SMILES string of the molecule is CSCC[C@H](NC(=O)[C@H](C)NC(=O)CN)C(=O)N[C@H](C(=O)N[C@H](C(=O)N[C@@H](Cc1cnc[nH]1)C(=O)O)C(C)C)C(C)C. The van der Waals surface area contributed by atoms with Gasteiger partial charge in [0.05, 0.1) is 12.9 Å². The number of aliphatic carboxylic acids is 1. The number of carbonyl (C=O) groups is 6. The average Bonchev–Trinajstić information content (AvgIpc) is 3.44. The minimum Gasteiger partial charge on any atom is -0.480 e. The number of hydrogen-bond acceptors (Lipinski definition) is 9. The van der Waals surface area contributed by atoms with Gasteiger partial charge >= 0.3 is 5.97 Å². The van der Waals surface area contributed by atoms with Gasteiger partial charge in [0.25, 0.3) is 0 Å². The molecule has 1 heterocycles. The van der Waals surface area contributed by atoms with Crippen LogP contribution in [0.3, 0.4) is 0 Å². The maximum Gasteiger partial charge on any atom is 0.326 e. The molecule has 15 nitrogen and oxygen atoms in total. The van der Waals surface area contributed by atoms with Gasteiger partial charge < -0.3 is 42.4 Å². The number of H-pyrrole nitrogens is 1. The van der Waals surface area contributed by atoms with Crippen molar-refractivity contribution < 1.29 is 33.9 Å². The van der Waals surface area contributed by atoms with Crippen LogP contribution in [0, 0.1) is 11.8 Å². The van der Waals surface area contributed by atoms with E-state index in [1.54, 1.807) is 27.7 Å². The minimum absolute atomic E-state index is 0.0395. The zero-order valence-corrected chi connectivity index (χ0v) is 25.7. The van der Waals surface area contributed by atoms with Crippen LogP contribution < -0.4 is 32.3 Å². The van der Waals surface area contributed by atoms with Gasteiger partial charge in [-0.25, -0.2) is 9.78 Å². The summed E-state index contributed by atoms with van der Waals surface area (Å²) in [6.07, 6.45) is 4.90. The van der Waals surface area contributed by atoms with Crippen LogP contribution in [0.1, 0.15) is 46.7 Å². The predicted molar refractivity (Wildman–Crippen MR) is 157 cm³/mol. The Kier molecular flexibility index (Phi) is 15.6. The van der Waals surface area contributed by atoms with E-state index >= 15 is 0 Å². The maximum atomic E-state index is 13.4. The van der Waals surface area contributed by atoms with E-state index in [9.17, 15) is 33.9 Å². The molecule has 1 aromatic rings. The normalized spacial score (nSPS) is 14.7. The number of carboxylic acids is 1. The fourth-order valence-corrected chi connectivity index (χ4v) is 4.28. The topological polar surface area (TPSA) is 237 Å². The zero-order chi connectivity index (χ0) is 32.0. The second kappa shape index (κ2) is 18.0. The molecule has 0 unspecified atom stereocenters. The van der Waals surface area contributed by atoms with Crippen LogP contribution in [0.2, 0.25) is 0 Å². The van der Waals surface area contributed by atoms with Gasteiger partial charge in [-0.3, -0.25) is 24.0 Å². The summed E-state index contributed by atoms with van der Waals surface area (Å²) < 4.78 is 0. The first-order chi connectivity index (χ1) is 19.7. The van der Waals surface area contributed by atoms with E-state index in [4.69, 9.17) is 5.73 Å². The smallest absolute Gasteiger partial charge is 0.326 e. The van der Waals surface area contributed by atoms with E-state index in [0.29, 0.717) is 11.4 Å². The lowest BCUT2D eigenvalue weighted by Gasteiger charge is -2.29. The molecule has 236 valence electrons. The van der Waals surface area contributed by atoms with Crippen LogP contribution in [0.5, 0.6) is 0 Å². The van der Waals surface area contributed by atoms with Crippen molar-refractivity contribution in [3.8, 4) is 0 Å². The van der Waals surface area contributed by atoms with E-state index in [2.05, 4.69) is 36.6 Å². The molecule has 9 N–H and O–H groups in total.